The molecule has 1 amide bonds. The number of carbonyl (C=O) groups is 1. The van der Waals surface area contributed by atoms with Crippen molar-refractivity contribution >= 4 is 5.91 Å². The van der Waals surface area contributed by atoms with Crippen molar-refractivity contribution in [3.8, 4) is 0 Å². The molecule has 0 aromatic carbocycles. The fourth-order valence-electron chi connectivity index (χ4n) is 0.812. The van der Waals surface area contributed by atoms with Crippen LogP contribution in [0.15, 0.2) is 12.3 Å². The molecule has 1 N–H and O–H groups in total. The normalized spacial score (nSPS) is 10.5. The summed E-state index contributed by atoms with van der Waals surface area (Å²) in [7, 11) is 1.71. The molecule has 4 nitrogen and oxygen atoms in total. The van der Waals surface area contributed by atoms with Gasteiger partial charge in [-0.1, -0.05) is 0 Å². The van der Waals surface area contributed by atoms with E-state index in [1.807, 2.05) is 5.32 Å². The second-order valence-electron chi connectivity index (χ2n) is 2.50. The van der Waals surface area contributed by atoms with Crippen LogP contribution < -0.4 is 5.32 Å². The van der Waals surface area contributed by atoms with Gasteiger partial charge in [0.25, 0.3) is 5.91 Å². The minimum Gasteiger partial charge on any atom is -0.345 e. The monoisotopic (exact) mass is 189 g/mol. The van der Waals surface area contributed by atoms with Crippen molar-refractivity contribution < 1.29 is 13.6 Å². The third-order valence-corrected chi connectivity index (χ3v) is 1.41. The van der Waals surface area contributed by atoms with Gasteiger partial charge < -0.3 is 5.32 Å². The zero-order valence-corrected chi connectivity index (χ0v) is 7.00. The van der Waals surface area contributed by atoms with Gasteiger partial charge in [0.15, 0.2) is 0 Å². The van der Waals surface area contributed by atoms with E-state index in [2.05, 4.69) is 5.10 Å². The Hall–Kier alpha value is -1.46. The van der Waals surface area contributed by atoms with Crippen LogP contribution in [0.4, 0.5) is 8.78 Å². The number of alkyl halides is 2. The second-order valence-corrected chi connectivity index (χ2v) is 2.50. The molecule has 13 heavy (non-hydrogen) atoms. The van der Waals surface area contributed by atoms with Crippen molar-refractivity contribution in [2.24, 2.45) is 7.05 Å². The summed E-state index contributed by atoms with van der Waals surface area (Å²) in [6.07, 6.45) is -1.30. The van der Waals surface area contributed by atoms with Crippen molar-refractivity contribution in [2.45, 2.75) is 13.0 Å². The van der Waals surface area contributed by atoms with Gasteiger partial charge in [-0.2, -0.15) is 13.9 Å². The van der Waals surface area contributed by atoms with E-state index in [0.717, 1.165) is 0 Å². The Balaban J connectivity index is 2.39. The maximum absolute atomic E-state index is 11.7. The minimum absolute atomic E-state index is 0.0318. The summed E-state index contributed by atoms with van der Waals surface area (Å²) in [5.74, 6) is -1.27. The highest BCUT2D eigenvalue weighted by Gasteiger charge is 2.14. The van der Waals surface area contributed by atoms with Crippen LogP contribution >= 0.6 is 0 Å². The van der Waals surface area contributed by atoms with Crippen molar-refractivity contribution in [3.63, 3.8) is 0 Å². The second kappa shape index (κ2) is 3.97. The maximum atomic E-state index is 11.7. The van der Waals surface area contributed by atoms with Gasteiger partial charge in [-0.05, 0) is 6.07 Å². The van der Waals surface area contributed by atoms with E-state index in [0.29, 0.717) is 5.69 Å². The van der Waals surface area contributed by atoms with Gasteiger partial charge in [0.05, 0.1) is 12.2 Å². The number of halogens is 2. The average molecular weight is 189 g/mol. The molecule has 0 atom stereocenters. The number of amides is 1. The van der Waals surface area contributed by atoms with Crippen molar-refractivity contribution in [3.05, 3.63) is 18.0 Å². The Morgan fingerprint density at radius 1 is 1.77 bits per heavy atom. The van der Waals surface area contributed by atoms with Gasteiger partial charge >= 0.3 is 6.43 Å². The average Bonchev–Trinajstić information content (AvgIpc) is 2.47. The highest BCUT2D eigenvalue weighted by Crippen LogP contribution is 1.95. The van der Waals surface area contributed by atoms with Crippen LogP contribution in [0.3, 0.4) is 0 Å². The molecule has 0 unspecified atom stereocenters. The van der Waals surface area contributed by atoms with Crippen LogP contribution in [0.2, 0.25) is 0 Å². The summed E-state index contributed by atoms with van der Waals surface area (Å²) < 4.78 is 24.9. The number of aryl methyl sites for hydroxylation is 1. The molecule has 0 spiro atoms. The number of nitrogens with zero attached hydrogens (tertiary/aromatic N) is 2. The van der Waals surface area contributed by atoms with E-state index in [4.69, 9.17) is 0 Å². The molecule has 0 fully saturated rings. The molecule has 72 valence electrons. The molecule has 1 aromatic rings. The van der Waals surface area contributed by atoms with Gasteiger partial charge in [0, 0.05) is 13.2 Å². The van der Waals surface area contributed by atoms with Crippen molar-refractivity contribution in [1.29, 1.82) is 0 Å². The summed E-state index contributed by atoms with van der Waals surface area (Å²) in [4.78, 5) is 10.4. The molecule has 0 aliphatic carbocycles. The molecule has 0 saturated carbocycles. The first-order valence-electron chi connectivity index (χ1n) is 3.64. The molecule has 0 aliphatic rings. The van der Waals surface area contributed by atoms with Gasteiger partial charge in [-0.15, -0.1) is 0 Å². The first-order chi connectivity index (χ1) is 6.09. The van der Waals surface area contributed by atoms with Crippen LogP contribution in [0, 0.1) is 0 Å². The summed E-state index contributed by atoms with van der Waals surface area (Å²) in [5.41, 5.74) is 0.552. The molecule has 0 radical (unpaired) electrons. The van der Waals surface area contributed by atoms with Crippen LogP contribution in [0.5, 0.6) is 0 Å². The molecule has 1 rings (SSSR count). The molecule has 1 aromatic heterocycles. The van der Waals surface area contributed by atoms with Crippen LogP contribution in [0.25, 0.3) is 0 Å². The standard InChI is InChI=1S/C7H9F2N3O/c1-12-3-2-5(11-12)4-10-7(13)6(8)9/h2-3,6H,4H2,1H3,(H,10,13). The molecule has 6 heteroatoms. The van der Waals surface area contributed by atoms with E-state index >= 15 is 0 Å². The number of nitrogens with one attached hydrogen (secondary N) is 1. The number of carbonyl (C=O) groups excluding carboxylic acids is 1. The third-order valence-electron chi connectivity index (χ3n) is 1.41. The zero-order valence-electron chi connectivity index (χ0n) is 7.00. The van der Waals surface area contributed by atoms with Crippen LogP contribution in [0.1, 0.15) is 5.69 Å². The highest BCUT2D eigenvalue weighted by atomic mass is 19.3. The van der Waals surface area contributed by atoms with Crippen molar-refractivity contribution in [2.75, 3.05) is 0 Å². The predicted molar refractivity (Wildman–Crippen MR) is 41.1 cm³/mol. The molecule has 0 bridgehead atoms. The van der Waals surface area contributed by atoms with Gasteiger partial charge in [-0.3, -0.25) is 9.48 Å². The van der Waals surface area contributed by atoms with Gasteiger partial charge in [0.1, 0.15) is 0 Å². The molecular weight excluding hydrogens is 180 g/mol. The van der Waals surface area contributed by atoms with Gasteiger partial charge in [-0.25, -0.2) is 0 Å². The fourth-order valence-corrected chi connectivity index (χ4v) is 0.812. The van der Waals surface area contributed by atoms with E-state index in [1.165, 1.54) is 4.68 Å². The summed E-state index contributed by atoms with van der Waals surface area (Å²) in [6.45, 7) is 0.0318. The van der Waals surface area contributed by atoms with E-state index < -0.39 is 12.3 Å². The maximum Gasteiger partial charge on any atom is 0.315 e. The first-order valence-corrected chi connectivity index (χ1v) is 3.64. The molecule has 0 aliphatic heterocycles. The Morgan fingerprint density at radius 2 is 2.46 bits per heavy atom. The topological polar surface area (TPSA) is 46.9 Å². The van der Waals surface area contributed by atoms with Crippen LogP contribution in [-0.2, 0) is 18.4 Å². The Morgan fingerprint density at radius 3 is 2.92 bits per heavy atom. The number of rotatable bonds is 3. The molecular formula is C7H9F2N3O. The number of aromatic nitrogens is 2. The molecule has 1 heterocycles. The quantitative estimate of drug-likeness (QED) is 0.743. The highest BCUT2D eigenvalue weighted by molar-refractivity contribution is 5.78. The van der Waals surface area contributed by atoms with E-state index in [9.17, 15) is 13.6 Å². The molecule has 0 saturated heterocycles. The number of hydrogen-bond donors (Lipinski definition) is 1. The first kappa shape index (κ1) is 9.63. The largest absolute Gasteiger partial charge is 0.345 e. The summed E-state index contributed by atoms with van der Waals surface area (Å²) in [5, 5.41) is 5.95. The predicted octanol–water partition coefficient (Wildman–Crippen LogP) is 0.301. The Labute approximate surface area is 73.5 Å². The number of hydrogen-bond acceptors (Lipinski definition) is 2. The summed E-state index contributed by atoms with van der Waals surface area (Å²) in [6, 6.07) is 1.64. The third kappa shape index (κ3) is 2.81. The lowest BCUT2D eigenvalue weighted by Gasteiger charge is -2.00. The lowest BCUT2D eigenvalue weighted by atomic mass is 10.4. The van der Waals surface area contributed by atoms with Crippen LogP contribution in [-0.4, -0.2) is 22.1 Å². The Bertz CT molecular complexity index is 298. The van der Waals surface area contributed by atoms with Gasteiger partial charge in [0.2, 0.25) is 0 Å². The SMILES string of the molecule is Cn1ccc(CNC(=O)C(F)F)n1. The minimum atomic E-state index is -2.97. The summed E-state index contributed by atoms with van der Waals surface area (Å²) >= 11 is 0. The lowest BCUT2D eigenvalue weighted by molar-refractivity contribution is -0.131. The fraction of sp³-hybridized carbons (Fsp3) is 0.429. The van der Waals surface area contributed by atoms with Crippen molar-refractivity contribution in [1.82, 2.24) is 15.1 Å². The zero-order chi connectivity index (χ0) is 9.84. The van der Waals surface area contributed by atoms with E-state index in [1.54, 1.807) is 19.3 Å². The van der Waals surface area contributed by atoms with E-state index in [-0.39, 0.29) is 6.54 Å². The smallest absolute Gasteiger partial charge is 0.315 e. The Kier molecular flexibility index (Phi) is 2.94. The lowest BCUT2D eigenvalue weighted by Crippen LogP contribution is -2.29.